The molecule has 0 unspecified atom stereocenters. The molecule has 3 aromatic heterocycles. The maximum absolute atomic E-state index is 14.1. The molecule has 2 fully saturated rings. The highest BCUT2D eigenvalue weighted by Gasteiger charge is 2.34. The SMILES string of the molecule is C#CCOCCOCCOCCNc1nc(N2CCN(C(=O)[C@H]([C@@H](C)CC)n3cc(CCC(=O)O)nn3)CC2)nc(N2CCN(C(=O)[C@H](C)n3cc(CCCN=C(N)N)nn3)CC2)n1. The summed E-state index contributed by atoms with van der Waals surface area (Å²) in [5, 5.41) is 29.2. The summed E-state index contributed by atoms with van der Waals surface area (Å²) < 4.78 is 19.6. The van der Waals surface area contributed by atoms with Gasteiger partial charge in [-0.05, 0) is 25.7 Å². The number of nitrogens with two attached hydrogens (primary N) is 2. The van der Waals surface area contributed by atoms with Crippen LogP contribution < -0.4 is 26.6 Å². The molecule has 2 aliphatic rings. The van der Waals surface area contributed by atoms with E-state index in [1.54, 1.807) is 21.8 Å². The summed E-state index contributed by atoms with van der Waals surface area (Å²) in [4.78, 5) is 65.0. The number of guanidine groups is 1. The number of nitrogens with one attached hydrogen (secondary N) is 1. The fourth-order valence-electron chi connectivity index (χ4n) is 7.06. The third-order valence-corrected chi connectivity index (χ3v) is 10.9. The number of anilines is 3. The summed E-state index contributed by atoms with van der Waals surface area (Å²) >= 11 is 0. The average molecular weight is 894 g/mol. The zero-order valence-corrected chi connectivity index (χ0v) is 37.1. The third kappa shape index (κ3) is 14.7. The average Bonchev–Trinajstić information content (AvgIpc) is 3.98. The molecule has 3 atom stereocenters. The summed E-state index contributed by atoms with van der Waals surface area (Å²) in [6.07, 6.45) is 10.9. The molecule has 0 saturated carbocycles. The van der Waals surface area contributed by atoms with Crippen molar-refractivity contribution in [3.8, 4) is 12.3 Å². The van der Waals surface area contributed by atoms with Crippen molar-refractivity contribution in [1.82, 2.24) is 54.7 Å². The molecule has 2 aliphatic heterocycles. The predicted octanol–water partition coefficient (Wildman–Crippen LogP) is -0.781. The Morgan fingerprint density at radius 3 is 1.97 bits per heavy atom. The molecule has 0 aliphatic carbocycles. The van der Waals surface area contributed by atoms with E-state index in [-0.39, 0.29) is 43.1 Å². The van der Waals surface area contributed by atoms with Gasteiger partial charge in [0.2, 0.25) is 29.7 Å². The maximum Gasteiger partial charge on any atom is 0.303 e. The van der Waals surface area contributed by atoms with Gasteiger partial charge < -0.3 is 55.7 Å². The number of aliphatic imine (C=N–C) groups is 1. The molecule has 350 valence electrons. The summed E-state index contributed by atoms with van der Waals surface area (Å²) in [6, 6.07) is -1.13. The van der Waals surface area contributed by atoms with Crippen molar-refractivity contribution >= 4 is 41.6 Å². The number of nitrogens with zero attached hydrogens (tertiary/aromatic N) is 14. The number of piperazine rings is 2. The monoisotopic (exact) mass is 894 g/mol. The quantitative estimate of drug-likeness (QED) is 0.0333. The van der Waals surface area contributed by atoms with E-state index in [2.05, 4.69) is 36.9 Å². The topological polar surface area (TPSA) is 289 Å². The van der Waals surface area contributed by atoms with Crippen LogP contribution in [-0.2, 0) is 41.4 Å². The van der Waals surface area contributed by atoms with Gasteiger partial charge in [0.05, 0.1) is 50.8 Å². The number of carboxylic acids is 1. The minimum absolute atomic E-state index is 0.0392. The molecule has 5 heterocycles. The lowest BCUT2D eigenvalue weighted by molar-refractivity contribution is -0.138. The lowest BCUT2D eigenvalue weighted by Crippen LogP contribution is -2.52. The molecule has 0 radical (unpaired) electrons. The Balaban J connectivity index is 1.21. The van der Waals surface area contributed by atoms with E-state index in [0.29, 0.717) is 135 Å². The van der Waals surface area contributed by atoms with E-state index in [9.17, 15) is 14.4 Å². The summed E-state index contributed by atoms with van der Waals surface area (Å²) in [7, 11) is 0. The van der Waals surface area contributed by atoms with Crippen LogP contribution in [0.4, 0.5) is 17.8 Å². The Bertz CT molecular complexity index is 2000. The summed E-state index contributed by atoms with van der Waals surface area (Å²) in [5.41, 5.74) is 12.1. The number of carbonyl (C=O) groups is 3. The number of hydrogen-bond acceptors (Lipinski definition) is 17. The molecule has 64 heavy (non-hydrogen) atoms. The Morgan fingerprint density at radius 2 is 1.38 bits per heavy atom. The number of aliphatic carboxylic acids is 1. The number of hydrogen-bond donors (Lipinski definition) is 4. The number of ether oxygens (including phenoxy) is 3. The van der Waals surface area contributed by atoms with Gasteiger partial charge in [-0.2, -0.15) is 15.0 Å². The number of carboxylic acid groups (broad SMARTS) is 1. The summed E-state index contributed by atoms with van der Waals surface area (Å²) in [6.45, 7) is 12.7. The molecule has 5 rings (SSSR count). The van der Waals surface area contributed by atoms with E-state index in [0.717, 1.165) is 12.1 Å². The van der Waals surface area contributed by atoms with E-state index in [1.165, 1.54) is 0 Å². The van der Waals surface area contributed by atoms with Crippen molar-refractivity contribution in [2.75, 3.05) is 120 Å². The first-order valence-electron chi connectivity index (χ1n) is 21.8. The van der Waals surface area contributed by atoms with Crippen LogP contribution in [0.2, 0.25) is 0 Å². The number of terminal acetylenes is 1. The van der Waals surface area contributed by atoms with Crippen molar-refractivity contribution in [3.05, 3.63) is 23.8 Å². The lowest BCUT2D eigenvalue weighted by Gasteiger charge is -2.38. The number of aryl methyl sites for hydroxylation is 2. The second-order valence-electron chi connectivity index (χ2n) is 15.5. The van der Waals surface area contributed by atoms with Gasteiger partial charge in [0.25, 0.3) is 0 Å². The second-order valence-corrected chi connectivity index (χ2v) is 15.5. The summed E-state index contributed by atoms with van der Waals surface area (Å²) in [5.74, 6) is 2.66. The van der Waals surface area contributed by atoms with Crippen molar-refractivity contribution in [3.63, 3.8) is 0 Å². The molecule has 0 aromatic carbocycles. The minimum atomic E-state index is -0.922. The predicted molar refractivity (Wildman–Crippen MR) is 235 cm³/mol. The largest absolute Gasteiger partial charge is 0.481 e. The smallest absolute Gasteiger partial charge is 0.303 e. The van der Waals surface area contributed by atoms with Crippen molar-refractivity contribution in [1.29, 1.82) is 0 Å². The van der Waals surface area contributed by atoms with E-state index in [1.807, 2.05) is 40.4 Å². The van der Waals surface area contributed by atoms with Gasteiger partial charge in [-0.25, -0.2) is 9.36 Å². The molecule has 3 aromatic rings. The van der Waals surface area contributed by atoms with Gasteiger partial charge in [0.1, 0.15) is 18.7 Å². The highest BCUT2D eigenvalue weighted by Crippen LogP contribution is 2.26. The van der Waals surface area contributed by atoms with Crippen molar-refractivity contribution in [2.45, 2.75) is 65.0 Å². The van der Waals surface area contributed by atoms with Crippen molar-refractivity contribution in [2.24, 2.45) is 22.4 Å². The second kappa shape index (κ2) is 25.2. The van der Waals surface area contributed by atoms with Gasteiger partial charge in [0, 0.05) is 84.3 Å². The molecular weight excluding hydrogens is 831 g/mol. The number of aromatic nitrogens is 9. The normalized spacial score (nSPS) is 15.7. The highest BCUT2D eigenvalue weighted by atomic mass is 16.5. The molecule has 0 spiro atoms. The zero-order chi connectivity index (χ0) is 45.8. The van der Waals surface area contributed by atoms with Crippen LogP contribution in [0, 0.1) is 18.3 Å². The Morgan fingerprint density at radius 1 is 0.812 bits per heavy atom. The molecular formula is C40H63N17O7. The fourth-order valence-corrected chi connectivity index (χ4v) is 7.06. The standard InChI is InChI=1S/C40H63N17O7/c1-5-21-62-23-25-64-26-24-63-22-12-44-38-45-39(54-17-13-52(14-18-54)35(60)30(4)56-27-31(48-50-56)8-7-11-43-37(41)42)47-40(46-38)55-19-15-53(16-20-55)36(61)34(29(3)6-2)57-28-32(49-51-57)9-10-33(58)59/h1,27-30,34H,6-26H2,2-4H3,(H,58,59)(H4,41,42,43)(H,44,45,46,47)/t29-,30-,34-/m0/s1. The van der Waals surface area contributed by atoms with Crippen LogP contribution in [0.15, 0.2) is 17.4 Å². The molecule has 2 amide bonds. The third-order valence-electron chi connectivity index (χ3n) is 10.9. The van der Waals surface area contributed by atoms with Crippen LogP contribution in [0.1, 0.15) is 63.5 Å². The molecule has 6 N–H and O–H groups in total. The molecule has 2 saturated heterocycles. The van der Waals surface area contributed by atoms with Crippen LogP contribution >= 0.6 is 0 Å². The molecule has 0 bridgehead atoms. The minimum Gasteiger partial charge on any atom is -0.481 e. The van der Waals surface area contributed by atoms with Crippen LogP contribution in [0.25, 0.3) is 0 Å². The van der Waals surface area contributed by atoms with E-state index in [4.69, 9.17) is 52.2 Å². The van der Waals surface area contributed by atoms with Gasteiger partial charge in [-0.3, -0.25) is 19.4 Å². The molecule has 24 nitrogen and oxygen atoms in total. The Kier molecular flexibility index (Phi) is 19.2. The number of carbonyl (C=O) groups excluding carboxylic acids is 2. The van der Waals surface area contributed by atoms with Gasteiger partial charge >= 0.3 is 5.97 Å². The Labute approximate surface area is 373 Å². The highest BCUT2D eigenvalue weighted by molar-refractivity contribution is 5.81. The first kappa shape index (κ1) is 48.8. The van der Waals surface area contributed by atoms with E-state index < -0.39 is 18.1 Å². The lowest BCUT2D eigenvalue weighted by atomic mass is 9.97. The number of amides is 2. The van der Waals surface area contributed by atoms with Gasteiger partial charge in [-0.15, -0.1) is 16.6 Å². The fraction of sp³-hybridized carbons (Fsp3) is 0.675. The maximum atomic E-state index is 14.1. The van der Waals surface area contributed by atoms with Crippen molar-refractivity contribution < 1.29 is 33.7 Å². The van der Waals surface area contributed by atoms with Crippen LogP contribution in [-0.4, -0.2) is 189 Å². The first-order valence-corrected chi connectivity index (χ1v) is 21.8. The van der Waals surface area contributed by atoms with E-state index >= 15 is 0 Å². The van der Waals surface area contributed by atoms with Crippen LogP contribution in [0.5, 0.6) is 0 Å². The molecule has 24 heteroatoms. The first-order chi connectivity index (χ1) is 31.0. The van der Waals surface area contributed by atoms with Crippen LogP contribution in [0.3, 0.4) is 0 Å². The van der Waals surface area contributed by atoms with Gasteiger partial charge in [0.15, 0.2) is 5.96 Å². The Hall–Kier alpha value is -6.19. The zero-order valence-electron chi connectivity index (χ0n) is 37.1. The number of rotatable bonds is 26. The van der Waals surface area contributed by atoms with Gasteiger partial charge in [-0.1, -0.05) is 36.6 Å².